The highest BCUT2D eigenvalue weighted by atomic mass is 79.9. The molecule has 2 heterocycles. The molecule has 0 unspecified atom stereocenters. The summed E-state index contributed by atoms with van der Waals surface area (Å²) in [5.41, 5.74) is 1.72. The van der Waals surface area contributed by atoms with Gasteiger partial charge in [0.05, 0.1) is 12.2 Å². The predicted molar refractivity (Wildman–Crippen MR) is 144 cm³/mol. The summed E-state index contributed by atoms with van der Waals surface area (Å²) in [4.78, 5) is 14.8. The summed E-state index contributed by atoms with van der Waals surface area (Å²) in [6.07, 6.45) is 3.53. The van der Waals surface area contributed by atoms with Crippen LogP contribution < -0.4 is 4.74 Å². The van der Waals surface area contributed by atoms with Gasteiger partial charge in [0, 0.05) is 27.5 Å². The van der Waals surface area contributed by atoms with E-state index < -0.39 is 5.91 Å². The molecular weight excluding hydrogens is 544 g/mol. The van der Waals surface area contributed by atoms with E-state index in [1.165, 1.54) is 12.8 Å². The number of hydrogen-bond acceptors (Lipinski definition) is 5. The number of amides is 1. The van der Waals surface area contributed by atoms with Gasteiger partial charge >= 0.3 is 5.91 Å². The third-order valence-corrected chi connectivity index (χ3v) is 8.00. The molecule has 0 spiro atoms. The summed E-state index contributed by atoms with van der Waals surface area (Å²) in [7, 11) is 0. The van der Waals surface area contributed by atoms with Crippen LogP contribution in [0.15, 0.2) is 57.2 Å². The van der Waals surface area contributed by atoms with Crippen molar-refractivity contribution >= 4 is 50.0 Å². The fraction of sp³-hybridized carbons (Fsp3) is 0.444. The van der Waals surface area contributed by atoms with Crippen molar-refractivity contribution in [3.05, 3.63) is 52.0 Å². The number of carbonyl (C=O) groups excluding carboxylic acids is 1. The van der Waals surface area contributed by atoms with Crippen LogP contribution in [0.1, 0.15) is 40.0 Å². The Hall–Kier alpha value is -2.42. The fourth-order valence-electron chi connectivity index (χ4n) is 6.27. The lowest BCUT2D eigenvalue weighted by Gasteiger charge is -2.40. The van der Waals surface area contributed by atoms with E-state index in [1.807, 2.05) is 22.8 Å². The van der Waals surface area contributed by atoms with Crippen molar-refractivity contribution in [2.24, 2.45) is 21.1 Å². The van der Waals surface area contributed by atoms with Gasteiger partial charge in [0.1, 0.15) is 5.75 Å². The van der Waals surface area contributed by atoms with Crippen molar-refractivity contribution in [1.82, 2.24) is 9.47 Å². The van der Waals surface area contributed by atoms with E-state index in [2.05, 4.69) is 51.8 Å². The van der Waals surface area contributed by atoms with Gasteiger partial charge in [0.25, 0.3) is 0 Å². The molecule has 2 aliphatic rings. The predicted octanol–water partition coefficient (Wildman–Crippen LogP) is 7.31. The Morgan fingerprint density at radius 3 is 2.69 bits per heavy atom. The van der Waals surface area contributed by atoms with E-state index in [0.29, 0.717) is 28.9 Å². The number of aromatic hydroxyl groups is 1. The Labute approximate surface area is 224 Å². The minimum absolute atomic E-state index is 0.00382. The van der Waals surface area contributed by atoms with Gasteiger partial charge in [-0.3, -0.25) is 14.3 Å². The van der Waals surface area contributed by atoms with Crippen molar-refractivity contribution in [3.8, 4) is 11.6 Å². The summed E-state index contributed by atoms with van der Waals surface area (Å²) in [5, 5.41) is 20.5. The average Bonchev–Trinajstić information content (AvgIpc) is 3.19. The van der Waals surface area contributed by atoms with Crippen LogP contribution in [0.3, 0.4) is 0 Å². The molecule has 7 nitrogen and oxygen atoms in total. The highest BCUT2D eigenvalue weighted by molar-refractivity contribution is 9.10. The number of halogens is 2. The van der Waals surface area contributed by atoms with Crippen LogP contribution in [0.5, 0.6) is 11.6 Å². The van der Waals surface area contributed by atoms with E-state index in [0.717, 1.165) is 28.3 Å². The lowest BCUT2D eigenvalue weighted by molar-refractivity contribution is -0.120. The van der Waals surface area contributed by atoms with Crippen LogP contribution >= 0.6 is 27.5 Å². The van der Waals surface area contributed by atoms with E-state index >= 15 is 0 Å². The molecule has 1 aliphatic heterocycles. The molecule has 9 heteroatoms. The molecule has 5 rings (SSSR count). The molecule has 2 atom stereocenters. The van der Waals surface area contributed by atoms with Gasteiger partial charge in [-0.05, 0) is 72.6 Å². The Kier molecular flexibility index (Phi) is 6.64. The molecule has 1 saturated heterocycles. The molecule has 190 valence electrons. The summed E-state index contributed by atoms with van der Waals surface area (Å²) >= 11 is 9.39. The van der Waals surface area contributed by atoms with Crippen LogP contribution in [0.4, 0.5) is 5.69 Å². The summed E-state index contributed by atoms with van der Waals surface area (Å²) in [5.74, 6) is -0.0353. The second kappa shape index (κ2) is 9.47. The van der Waals surface area contributed by atoms with Gasteiger partial charge in [0.15, 0.2) is 12.3 Å². The number of azo groups is 1. The Morgan fingerprint density at radius 1 is 1.19 bits per heavy atom. The maximum atomic E-state index is 12.4. The molecule has 2 aromatic carbocycles. The van der Waals surface area contributed by atoms with Crippen molar-refractivity contribution in [1.29, 1.82) is 0 Å². The van der Waals surface area contributed by atoms with Crippen LogP contribution in [-0.4, -0.2) is 39.7 Å². The second-order valence-corrected chi connectivity index (χ2v) is 12.6. The smallest absolute Gasteiger partial charge is 0.302 e. The highest BCUT2D eigenvalue weighted by Gasteiger charge is 2.49. The van der Waals surface area contributed by atoms with E-state index in [-0.39, 0.29) is 23.6 Å². The molecule has 1 N–H and O–H groups in total. The van der Waals surface area contributed by atoms with Crippen molar-refractivity contribution in [2.75, 3.05) is 13.2 Å². The normalized spacial score (nSPS) is 23.5. The third kappa shape index (κ3) is 5.17. The molecule has 2 bridgehead atoms. The van der Waals surface area contributed by atoms with Gasteiger partial charge in [0.2, 0.25) is 5.88 Å². The SMILES string of the molecule is CC1(C)C[C@H]2C[C@@](C)(CN2Cn2c(O)c(N=NC(=O)COc3ccc(Cl)cc3)c3cc(Br)ccc32)C1. The van der Waals surface area contributed by atoms with Crippen molar-refractivity contribution < 1.29 is 14.6 Å². The molecule has 1 aliphatic carbocycles. The first kappa shape index (κ1) is 25.2. The van der Waals surface area contributed by atoms with Crippen molar-refractivity contribution in [3.63, 3.8) is 0 Å². The number of fused-ring (bicyclic) bond motifs is 3. The molecule has 36 heavy (non-hydrogen) atoms. The van der Waals surface area contributed by atoms with Gasteiger partial charge < -0.3 is 9.84 Å². The van der Waals surface area contributed by atoms with Crippen LogP contribution in [-0.2, 0) is 11.5 Å². The Balaban J connectivity index is 1.38. The number of hydrogen-bond donors (Lipinski definition) is 1. The van der Waals surface area contributed by atoms with E-state index in [9.17, 15) is 9.90 Å². The lowest BCUT2D eigenvalue weighted by atomic mass is 9.65. The van der Waals surface area contributed by atoms with Crippen LogP contribution in [0.2, 0.25) is 5.02 Å². The summed E-state index contributed by atoms with van der Waals surface area (Å²) < 4.78 is 8.20. The van der Waals surface area contributed by atoms with E-state index in [4.69, 9.17) is 16.3 Å². The van der Waals surface area contributed by atoms with Crippen LogP contribution in [0.25, 0.3) is 10.9 Å². The second-order valence-electron chi connectivity index (χ2n) is 11.2. The van der Waals surface area contributed by atoms with Gasteiger partial charge in [-0.25, -0.2) is 0 Å². The molecular formula is C27H30BrClN4O3. The first-order valence-electron chi connectivity index (χ1n) is 12.1. The molecule has 1 amide bonds. The largest absolute Gasteiger partial charge is 0.493 e. The zero-order valence-corrected chi connectivity index (χ0v) is 23.0. The maximum Gasteiger partial charge on any atom is 0.302 e. The number of nitrogens with zero attached hydrogens (tertiary/aromatic N) is 4. The molecule has 2 fully saturated rings. The zero-order valence-electron chi connectivity index (χ0n) is 20.7. The molecule has 1 aromatic heterocycles. The number of ether oxygens (including phenoxy) is 1. The van der Waals surface area contributed by atoms with Gasteiger partial charge in [-0.15, -0.1) is 10.2 Å². The summed E-state index contributed by atoms with van der Waals surface area (Å²) in [6, 6.07) is 13.0. The fourth-order valence-corrected chi connectivity index (χ4v) is 6.76. The van der Waals surface area contributed by atoms with E-state index in [1.54, 1.807) is 24.3 Å². The van der Waals surface area contributed by atoms with Gasteiger partial charge in [-0.2, -0.15) is 0 Å². The Morgan fingerprint density at radius 2 is 1.94 bits per heavy atom. The molecule has 3 aromatic rings. The standard InChI is InChI=1S/C27H30BrClN4O3/c1-26(2)11-19-12-27(3,14-26)15-32(19)16-33-22-9-4-17(28)10-21(22)24(25(33)35)31-30-23(34)13-36-20-7-5-18(29)6-8-20/h4-10,19,35H,11-16H2,1-3H3/t19-,27+/m0/s1. The average molecular weight is 574 g/mol. The quantitative estimate of drug-likeness (QED) is 0.314. The topological polar surface area (TPSA) is 79.4 Å². The third-order valence-electron chi connectivity index (χ3n) is 7.26. The molecule has 0 radical (unpaired) electrons. The summed E-state index contributed by atoms with van der Waals surface area (Å²) in [6.45, 7) is 8.37. The van der Waals surface area contributed by atoms with Crippen molar-refractivity contribution in [2.45, 2.75) is 52.7 Å². The lowest BCUT2D eigenvalue weighted by Crippen LogP contribution is -2.35. The zero-order chi connectivity index (χ0) is 25.7. The minimum Gasteiger partial charge on any atom is -0.493 e. The maximum absolute atomic E-state index is 12.4. The minimum atomic E-state index is -0.552. The number of rotatable bonds is 6. The first-order valence-corrected chi connectivity index (χ1v) is 13.3. The number of benzene rings is 2. The number of carbonyl (C=O) groups is 1. The Bertz CT molecular complexity index is 1340. The van der Waals surface area contributed by atoms with Gasteiger partial charge in [-0.1, -0.05) is 48.3 Å². The van der Waals surface area contributed by atoms with Crippen LogP contribution in [0, 0.1) is 10.8 Å². The highest BCUT2D eigenvalue weighted by Crippen LogP contribution is 2.53. The monoisotopic (exact) mass is 572 g/mol. The number of likely N-dealkylation sites (tertiary alicyclic amines) is 1. The first-order chi connectivity index (χ1) is 17.0. The number of aromatic nitrogens is 1. The molecule has 1 saturated carbocycles.